The molecule has 0 unspecified atom stereocenters. The van der Waals surface area contributed by atoms with Gasteiger partial charge in [0.15, 0.2) is 0 Å². The molecular formula is C21H23N3OS. The molecule has 0 aliphatic carbocycles. The van der Waals surface area contributed by atoms with Crippen LogP contribution >= 0.6 is 11.8 Å². The first-order valence-electron chi connectivity index (χ1n) is 8.83. The van der Waals surface area contributed by atoms with Gasteiger partial charge in [-0.2, -0.15) is 0 Å². The Morgan fingerprint density at radius 1 is 1.12 bits per heavy atom. The minimum absolute atomic E-state index is 0.0221. The lowest BCUT2D eigenvalue weighted by atomic mass is 9.97. The SMILES string of the molecule is CC[C@H](C)c1ccccc1NC(=O)CSc1nc(C)nc2ccccc12. The van der Waals surface area contributed by atoms with Gasteiger partial charge in [-0.3, -0.25) is 4.79 Å². The van der Waals surface area contributed by atoms with Gasteiger partial charge < -0.3 is 5.32 Å². The van der Waals surface area contributed by atoms with E-state index in [9.17, 15) is 4.79 Å². The third kappa shape index (κ3) is 4.22. The van der Waals surface area contributed by atoms with Crippen molar-refractivity contribution in [3.05, 3.63) is 59.9 Å². The van der Waals surface area contributed by atoms with E-state index in [1.54, 1.807) is 0 Å². The molecule has 26 heavy (non-hydrogen) atoms. The average Bonchev–Trinajstić information content (AvgIpc) is 2.65. The second-order valence-electron chi connectivity index (χ2n) is 6.33. The fraction of sp³-hybridized carbons (Fsp3) is 0.286. The minimum Gasteiger partial charge on any atom is -0.325 e. The molecule has 5 heteroatoms. The molecule has 0 radical (unpaired) electrons. The van der Waals surface area contributed by atoms with Crippen LogP contribution in [0, 0.1) is 6.92 Å². The number of hydrogen-bond acceptors (Lipinski definition) is 4. The monoisotopic (exact) mass is 365 g/mol. The van der Waals surface area contributed by atoms with Crippen LogP contribution in [-0.2, 0) is 4.79 Å². The van der Waals surface area contributed by atoms with Crippen molar-refractivity contribution in [2.24, 2.45) is 0 Å². The van der Waals surface area contributed by atoms with Crippen molar-refractivity contribution in [2.45, 2.75) is 38.1 Å². The highest BCUT2D eigenvalue weighted by atomic mass is 32.2. The number of aryl methyl sites for hydroxylation is 1. The second-order valence-corrected chi connectivity index (χ2v) is 7.29. The summed E-state index contributed by atoms with van der Waals surface area (Å²) < 4.78 is 0. The lowest BCUT2D eigenvalue weighted by Gasteiger charge is -2.15. The average molecular weight is 366 g/mol. The molecule has 0 fully saturated rings. The summed E-state index contributed by atoms with van der Waals surface area (Å²) in [5.41, 5.74) is 2.98. The lowest BCUT2D eigenvalue weighted by Crippen LogP contribution is -2.16. The predicted octanol–water partition coefficient (Wildman–Crippen LogP) is 5.18. The van der Waals surface area contributed by atoms with E-state index in [2.05, 4.69) is 35.2 Å². The minimum atomic E-state index is -0.0221. The summed E-state index contributed by atoms with van der Waals surface area (Å²) >= 11 is 1.45. The zero-order valence-corrected chi connectivity index (χ0v) is 16.1. The van der Waals surface area contributed by atoms with Crippen LogP contribution in [0.5, 0.6) is 0 Å². The smallest absolute Gasteiger partial charge is 0.234 e. The highest BCUT2D eigenvalue weighted by Crippen LogP contribution is 2.28. The van der Waals surface area contributed by atoms with Crippen LogP contribution in [0.3, 0.4) is 0 Å². The number of benzene rings is 2. The maximum Gasteiger partial charge on any atom is 0.234 e. The summed E-state index contributed by atoms with van der Waals surface area (Å²) in [7, 11) is 0. The molecule has 0 bridgehead atoms. The fourth-order valence-corrected chi connectivity index (χ4v) is 3.71. The zero-order chi connectivity index (χ0) is 18.5. The third-order valence-electron chi connectivity index (χ3n) is 4.40. The molecule has 1 atom stereocenters. The van der Waals surface area contributed by atoms with Crippen molar-refractivity contribution in [3.63, 3.8) is 0 Å². The fourth-order valence-electron chi connectivity index (χ4n) is 2.85. The van der Waals surface area contributed by atoms with E-state index in [1.165, 1.54) is 17.3 Å². The van der Waals surface area contributed by atoms with Gasteiger partial charge in [0, 0.05) is 11.1 Å². The number of anilines is 1. The van der Waals surface area contributed by atoms with Gasteiger partial charge >= 0.3 is 0 Å². The van der Waals surface area contributed by atoms with Crippen molar-refractivity contribution >= 4 is 34.3 Å². The van der Waals surface area contributed by atoms with E-state index in [-0.39, 0.29) is 5.91 Å². The van der Waals surface area contributed by atoms with Crippen LogP contribution in [0.1, 0.15) is 37.6 Å². The Morgan fingerprint density at radius 2 is 1.85 bits per heavy atom. The first kappa shape index (κ1) is 18.4. The summed E-state index contributed by atoms with van der Waals surface area (Å²) in [5.74, 6) is 1.42. The standard InChI is InChI=1S/C21H23N3OS/c1-4-14(2)16-9-5-7-11-18(16)24-20(25)13-26-21-17-10-6-8-12-19(17)22-15(3)23-21/h5-12,14H,4,13H2,1-3H3,(H,24,25)/t14-/m0/s1. The number of carbonyl (C=O) groups excluding carboxylic acids is 1. The van der Waals surface area contributed by atoms with E-state index in [0.29, 0.717) is 17.5 Å². The molecule has 4 nitrogen and oxygen atoms in total. The molecule has 0 aliphatic heterocycles. The van der Waals surface area contributed by atoms with Gasteiger partial charge in [-0.1, -0.05) is 62.0 Å². The molecule has 3 aromatic rings. The maximum absolute atomic E-state index is 12.5. The van der Waals surface area contributed by atoms with Gasteiger partial charge in [0.2, 0.25) is 5.91 Å². The molecular weight excluding hydrogens is 342 g/mol. The van der Waals surface area contributed by atoms with Gasteiger partial charge in [-0.15, -0.1) is 0 Å². The summed E-state index contributed by atoms with van der Waals surface area (Å²) in [6.07, 6.45) is 1.04. The van der Waals surface area contributed by atoms with Crippen molar-refractivity contribution in [2.75, 3.05) is 11.1 Å². The number of nitrogens with one attached hydrogen (secondary N) is 1. The number of hydrogen-bond donors (Lipinski definition) is 1. The molecule has 1 N–H and O–H groups in total. The van der Waals surface area contributed by atoms with Crippen molar-refractivity contribution in [3.8, 4) is 0 Å². The number of rotatable bonds is 6. The molecule has 0 spiro atoms. The van der Waals surface area contributed by atoms with Crippen molar-refractivity contribution in [1.29, 1.82) is 0 Å². The summed E-state index contributed by atoms with van der Waals surface area (Å²) in [6, 6.07) is 15.9. The number of thioether (sulfide) groups is 1. The van der Waals surface area contributed by atoms with Gasteiger partial charge in [0.25, 0.3) is 0 Å². The van der Waals surface area contributed by atoms with Gasteiger partial charge in [0.05, 0.1) is 11.3 Å². The largest absolute Gasteiger partial charge is 0.325 e. The number of carbonyl (C=O) groups is 1. The topological polar surface area (TPSA) is 54.9 Å². The van der Waals surface area contributed by atoms with Gasteiger partial charge in [-0.05, 0) is 37.0 Å². The van der Waals surface area contributed by atoms with Crippen molar-refractivity contribution < 1.29 is 4.79 Å². The van der Waals surface area contributed by atoms with Crippen LogP contribution in [0.15, 0.2) is 53.6 Å². The quantitative estimate of drug-likeness (QED) is 0.483. The maximum atomic E-state index is 12.5. The number of amides is 1. The molecule has 0 saturated heterocycles. The van der Waals surface area contributed by atoms with Crippen LogP contribution < -0.4 is 5.32 Å². The van der Waals surface area contributed by atoms with E-state index in [4.69, 9.17) is 0 Å². The first-order chi connectivity index (χ1) is 12.6. The number of fused-ring (bicyclic) bond motifs is 1. The Labute approximate surface area is 158 Å². The van der Waals surface area contributed by atoms with E-state index in [1.807, 2.05) is 49.4 Å². The van der Waals surface area contributed by atoms with Crippen LogP contribution in [0.4, 0.5) is 5.69 Å². The molecule has 1 heterocycles. The Bertz CT molecular complexity index is 926. The second kappa shape index (κ2) is 8.32. The number of nitrogens with zero attached hydrogens (tertiary/aromatic N) is 2. The Kier molecular flexibility index (Phi) is 5.89. The van der Waals surface area contributed by atoms with Crippen LogP contribution in [0.2, 0.25) is 0 Å². The van der Waals surface area contributed by atoms with Crippen LogP contribution in [-0.4, -0.2) is 21.6 Å². The predicted molar refractivity (Wildman–Crippen MR) is 109 cm³/mol. The third-order valence-corrected chi connectivity index (χ3v) is 5.39. The first-order valence-corrected chi connectivity index (χ1v) is 9.82. The van der Waals surface area contributed by atoms with Crippen LogP contribution in [0.25, 0.3) is 10.9 Å². The molecule has 2 aromatic carbocycles. The Morgan fingerprint density at radius 3 is 2.65 bits per heavy atom. The summed E-state index contributed by atoms with van der Waals surface area (Å²) in [4.78, 5) is 21.5. The highest BCUT2D eigenvalue weighted by Gasteiger charge is 2.13. The molecule has 0 aliphatic rings. The highest BCUT2D eigenvalue weighted by molar-refractivity contribution is 8.00. The molecule has 0 saturated carbocycles. The lowest BCUT2D eigenvalue weighted by molar-refractivity contribution is -0.113. The summed E-state index contributed by atoms with van der Waals surface area (Å²) in [6.45, 7) is 6.20. The molecule has 134 valence electrons. The van der Waals surface area contributed by atoms with Gasteiger partial charge in [-0.25, -0.2) is 9.97 Å². The zero-order valence-electron chi connectivity index (χ0n) is 15.3. The molecule has 3 rings (SSSR count). The van der Waals surface area contributed by atoms with Gasteiger partial charge in [0.1, 0.15) is 10.9 Å². The Hall–Kier alpha value is -2.40. The number of para-hydroxylation sites is 2. The van der Waals surface area contributed by atoms with E-state index >= 15 is 0 Å². The van der Waals surface area contributed by atoms with E-state index in [0.717, 1.165) is 28.0 Å². The van der Waals surface area contributed by atoms with Crippen molar-refractivity contribution in [1.82, 2.24) is 9.97 Å². The Balaban J connectivity index is 1.73. The number of aromatic nitrogens is 2. The van der Waals surface area contributed by atoms with E-state index < -0.39 is 0 Å². The summed E-state index contributed by atoms with van der Waals surface area (Å²) in [5, 5.41) is 4.88. The normalized spacial score (nSPS) is 12.1. The molecule has 1 aromatic heterocycles. The molecule has 1 amide bonds.